The van der Waals surface area contributed by atoms with Gasteiger partial charge in [0.25, 0.3) is 0 Å². The quantitative estimate of drug-likeness (QED) is 0.576. The van der Waals surface area contributed by atoms with Crippen LogP contribution in [0.2, 0.25) is 0 Å². The fourth-order valence-electron chi connectivity index (χ4n) is 5.24. The first kappa shape index (κ1) is 16.5. The maximum atomic E-state index is 12.6. The van der Waals surface area contributed by atoms with Crippen LogP contribution < -0.4 is 0 Å². The summed E-state index contributed by atoms with van der Waals surface area (Å²) in [4.78, 5) is 25.1. The molecule has 23 heavy (non-hydrogen) atoms. The largest absolute Gasteiger partial charge is 0.469 e. The number of esters is 2. The van der Waals surface area contributed by atoms with Crippen molar-refractivity contribution in [3.8, 4) is 0 Å². The molecule has 0 spiro atoms. The first-order valence-corrected chi connectivity index (χ1v) is 9.06. The molecule has 0 amide bonds. The predicted molar refractivity (Wildman–Crippen MR) is 86.6 cm³/mol. The van der Waals surface area contributed by atoms with Crippen LogP contribution >= 0.6 is 0 Å². The van der Waals surface area contributed by atoms with Crippen molar-refractivity contribution in [3.05, 3.63) is 11.1 Å². The third-order valence-electron chi connectivity index (χ3n) is 6.18. The van der Waals surface area contributed by atoms with Crippen LogP contribution in [0.25, 0.3) is 0 Å². The molecule has 3 rings (SSSR count). The van der Waals surface area contributed by atoms with E-state index in [-0.39, 0.29) is 35.6 Å². The number of hydrogen-bond acceptors (Lipinski definition) is 4. The summed E-state index contributed by atoms with van der Waals surface area (Å²) < 4.78 is 10.2. The second-order valence-electron chi connectivity index (χ2n) is 7.21. The number of carbonyl (C=O) groups excluding carboxylic acids is 2. The summed E-state index contributed by atoms with van der Waals surface area (Å²) in [6.45, 7) is 0. The lowest BCUT2D eigenvalue weighted by Gasteiger charge is -2.45. The molecule has 0 bridgehead atoms. The van der Waals surface area contributed by atoms with Crippen LogP contribution in [0, 0.1) is 23.7 Å². The lowest BCUT2D eigenvalue weighted by Crippen LogP contribution is -2.46. The third-order valence-corrected chi connectivity index (χ3v) is 6.18. The molecule has 0 aromatic rings. The Hall–Kier alpha value is -1.32. The Morgan fingerprint density at radius 2 is 1.17 bits per heavy atom. The monoisotopic (exact) mass is 320 g/mol. The summed E-state index contributed by atoms with van der Waals surface area (Å²) in [7, 11) is 2.87. The number of allylic oxidation sites excluding steroid dienone is 2. The molecular weight excluding hydrogens is 292 g/mol. The van der Waals surface area contributed by atoms with Crippen molar-refractivity contribution in [1.29, 1.82) is 0 Å². The molecule has 128 valence electrons. The van der Waals surface area contributed by atoms with E-state index >= 15 is 0 Å². The second-order valence-corrected chi connectivity index (χ2v) is 7.21. The molecule has 3 aliphatic carbocycles. The van der Waals surface area contributed by atoms with E-state index in [1.54, 1.807) is 0 Å². The molecular formula is C19H28O4. The highest BCUT2D eigenvalue weighted by atomic mass is 16.5. The van der Waals surface area contributed by atoms with Crippen molar-refractivity contribution in [2.75, 3.05) is 14.2 Å². The highest BCUT2D eigenvalue weighted by Crippen LogP contribution is 2.52. The number of rotatable bonds is 2. The Labute approximate surface area is 138 Å². The maximum Gasteiger partial charge on any atom is 0.310 e. The summed E-state index contributed by atoms with van der Waals surface area (Å²) >= 11 is 0. The van der Waals surface area contributed by atoms with Crippen LogP contribution in [-0.2, 0) is 19.1 Å². The van der Waals surface area contributed by atoms with E-state index in [0.717, 1.165) is 38.5 Å². The Bertz CT molecular complexity index is 507. The topological polar surface area (TPSA) is 52.6 Å². The molecule has 0 saturated heterocycles. The number of hydrogen-bond donors (Lipinski definition) is 0. The number of ether oxygens (including phenoxy) is 2. The first-order chi connectivity index (χ1) is 11.2. The van der Waals surface area contributed by atoms with E-state index in [2.05, 4.69) is 0 Å². The van der Waals surface area contributed by atoms with E-state index in [4.69, 9.17) is 9.47 Å². The van der Waals surface area contributed by atoms with Gasteiger partial charge in [0.15, 0.2) is 0 Å². The minimum absolute atomic E-state index is 0.179. The average molecular weight is 320 g/mol. The molecule has 0 heterocycles. The minimum atomic E-state index is -0.354. The van der Waals surface area contributed by atoms with Gasteiger partial charge in [-0.2, -0.15) is 0 Å². The SMILES string of the molecule is COC(=O)C1C2CCCCCC2=C2CCCCC2C1C(=O)OC. The van der Waals surface area contributed by atoms with Crippen LogP contribution in [-0.4, -0.2) is 26.2 Å². The molecule has 0 N–H and O–H groups in total. The zero-order chi connectivity index (χ0) is 16.4. The fourth-order valence-corrected chi connectivity index (χ4v) is 5.24. The van der Waals surface area contributed by atoms with Gasteiger partial charge in [-0.05, 0) is 50.4 Å². The van der Waals surface area contributed by atoms with Gasteiger partial charge in [-0.15, -0.1) is 0 Å². The van der Waals surface area contributed by atoms with Crippen molar-refractivity contribution in [1.82, 2.24) is 0 Å². The minimum Gasteiger partial charge on any atom is -0.469 e. The maximum absolute atomic E-state index is 12.6. The van der Waals surface area contributed by atoms with Crippen molar-refractivity contribution < 1.29 is 19.1 Å². The predicted octanol–water partition coefficient (Wildman–Crippen LogP) is 3.65. The molecule has 4 unspecified atom stereocenters. The van der Waals surface area contributed by atoms with Gasteiger partial charge in [-0.3, -0.25) is 9.59 Å². The van der Waals surface area contributed by atoms with Crippen LogP contribution in [0.15, 0.2) is 11.1 Å². The van der Waals surface area contributed by atoms with Gasteiger partial charge in [0.1, 0.15) is 0 Å². The lowest BCUT2D eigenvalue weighted by atomic mass is 9.59. The summed E-state index contributed by atoms with van der Waals surface area (Å²) in [6.07, 6.45) is 10.1. The van der Waals surface area contributed by atoms with Gasteiger partial charge in [0, 0.05) is 0 Å². The molecule has 4 atom stereocenters. The van der Waals surface area contributed by atoms with Crippen molar-refractivity contribution in [2.24, 2.45) is 23.7 Å². The van der Waals surface area contributed by atoms with Gasteiger partial charge >= 0.3 is 11.9 Å². The summed E-state index contributed by atoms with van der Waals surface area (Å²) in [6, 6.07) is 0. The zero-order valence-electron chi connectivity index (χ0n) is 14.3. The van der Waals surface area contributed by atoms with E-state index in [0.29, 0.717) is 0 Å². The molecule has 0 aliphatic heterocycles. The summed E-state index contributed by atoms with van der Waals surface area (Å²) in [5.74, 6) is -0.799. The zero-order valence-corrected chi connectivity index (χ0v) is 14.3. The summed E-state index contributed by atoms with van der Waals surface area (Å²) in [5.41, 5.74) is 2.97. The van der Waals surface area contributed by atoms with Crippen molar-refractivity contribution in [3.63, 3.8) is 0 Å². The summed E-state index contributed by atoms with van der Waals surface area (Å²) in [5, 5.41) is 0. The first-order valence-electron chi connectivity index (χ1n) is 9.06. The molecule has 0 aromatic carbocycles. The molecule has 4 nitrogen and oxygen atoms in total. The molecule has 3 aliphatic rings. The highest BCUT2D eigenvalue weighted by Gasteiger charge is 2.51. The highest BCUT2D eigenvalue weighted by molar-refractivity contribution is 5.84. The van der Waals surface area contributed by atoms with Gasteiger partial charge in [0.05, 0.1) is 26.1 Å². The molecule has 4 heteroatoms. The van der Waals surface area contributed by atoms with Gasteiger partial charge in [-0.25, -0.2) is 0 Å². The number of methoxy groups -OCH3 is 2. The van der Waals surface area contributed by atoms with Crippen LogP contribution in [0.3, 0.4) is 0 Å². The van der Waals surface area contributed by atoms with Crippen molar-refractivity contribution >= 4 is 11.9 Å². The molecule has 2 fully saturated rings. The van der Waals surface area contributed by atoms with Crippen LogP contribution in [0.1, 0.15) is 57.8 Å². The fraction of sp³-hybridized carbons (Fsp3) is 0.789. The normalized spacial score (nSPS) is 34.0. The van der Waals surface area contributed by atoms with Gasteiger partial charge in [-0.1, -0.05) is 30.4 Å². The van der Waals surface area contributed by atoms with Crippen LogP contribution in [0.4, 0.5) is 0 Å². The standard InChI is InChI=1S/C19H28O4/c1-22-18(20)16-14-10-5-3-4-8-12(14)13-9-6-7-11-15(13)17(16)19(21)23-2/h14-17H,3-11H2,1-2H3. The Balaban J connectivity index is 2.09. The van der Waals surface area contributed by atoms with Gasteiger partial charge < -0.3 is 9.47 Å². The molecule has 2 saturated carbocycles. The third kappa shape index (κ3) is 2.92. The average Bonchev–Trinajstić information content (AvgIpc) is 2.85. The van der Waals surface area contributed by atoms with E-state index in [1.807, 2.05) is 0 Å². The van der Waals surface area contributed by atoms with Gasteiger partial charge in [0.2, 0.25) is 0 Å². The second kappa shape index (κ2) is 7.06. The smallest absolute Gasteiger partial charge is 0.310 e. The lowest BCUT2D eigenvalue weighted by molar-refractivity contribution is -0.162. The number of carbonyl (C=O) groups is 2. The Morgan fingerprint density at radius 1 is 0.739 bits per heavy atom. The molecule has 0 aromatic heterocycles. The van der Waals surface area contributed by atoms with E-state index in [9.17, 15) is 9.59 Å². The van der Waals surface area contributed by atoms with Crippen LogP contribution in [0.5, 0.6) is 0 Å². The Kier molecular flexibility index (Phi) is 5.08. The van der Waals surface area contributed by atoms with Crippen molar-refractivity contribution in [2.45, 2.75) is 57.8 Å². The Morgan fingerprint density at radius 3 is 1.65 bits per heavy atom. The van der Waals surface area contributed by atoms with E-state index in [1.165, 1.54) is 44.6 Å². The van der Waals surface area contributed by atoms with E-state index < -0.39 is 0 Å². The molecule has 0 radical (unpaired) electrons. The number of fused-ring (bicyclic) bond motifs is 2.